The molecule has 1 atom stereocenters. The number of fused-ring (bicyclic) bond motifs is 5. The molecule has 1 aliphatic heterocycles. The molecule has 4 aromatic rings. The minimum absolute atomic E-state index is 0.116. The van der Waals surface area contributed by atoms with Gasteiger partial charge in [-0.3, -0.25) is 9.78 Å². The first-order valence-corrected chi connectivity index (χ1v) is 11.1. The lowest BCUT2D eigenvalue weighted by atomic mass is 9.85. The molecule has 0 saturated heterocycles. The van der Waals surface area contributed by atoms with E-state index in [2.05, 4.69) is 47.0 Å². The van der Waals surface area contributed by atoms with Crippen molar-refractivity contribution in [2.75, 3.05) is 0 Å². The Morgan fingerprint density at radius 3 is 2.45 bits per heavy atom. The van der Waals surface area contributed by atoms with E-state index in [0.29, 0.717) is 5.92 Å². The van der Waals surface area contributed by atoms with Gasteiger partial charge in [-0.2, -0.15) is 0 Å². The molecule has 0 radical (unpaired) electrons. The lowest BCUT2D eigenvalue weighted by Crippen LogP contribution is -2.14. The lowest BCUT2D eigenvalue weighted by molar-refractivity contribution is 0.103. The van der Waals surface area contributed by atoms with Crippen LogP contribution < -0.4 is 0 Å². The number of carbonyl (C=O) groups is 1. The smallest absolute Gasteiger partial charge is 0.210 e. The number of rotatable bonds is 3. The monoisotopic (exact) mass is 404 g/mol. The molecular weight excluding hydrogens is 380 g/mol. The molecule has 0 spiro atoms. The van der Waals surface area contributed by atoms with Crippen molar-refractivity contribution in [3.8, 4) is 11.1 Å². The molecule has 0 fully saturated rings. The summed E-state index contributed by atoms with van der Waals surface area (Å²) in [5.41, 5.74) is 10.1. The number of nitrogens with zero attached hydrogens (tertiary/aromatic N) is 2. The van der Waals surface area contributed by atoms with Crippen LogP contribution in [-0.4, -0.2) is 15.3 Å². The number of aromatic nitrogens is 2. The first-order valence-electron chi connectivity index (χ1n) is 11.1. The van der Waals surface area contributed by atoms with Gasteiger partial charge in [0.2, 0.25) is 5.78 Å². The van der Waals surface area contributed by atoms with Crippen LogP contribution in [-0.2, 0) is 25.8 Å². The fourth-order valence-corrected chi connectivity index (χ4v) is 5.42. The van der Waals surface area contributed by atoms with Crippen LogP contribution in [0.1, 0.15) is 50.2 Å². The second-order valence-corrected chi connectivity index (χ2v) is 8.71. The van der Waals surface area contributed by atoms with Crippen LogP contribution in [0.5, 0.6) is 0 Å². The van der Waals surface area contributed by atoms with Crippen LogP contribution in [0.3, 0.4) is 0 Å². The second-order valence-electron chi connectivity index (χ2n) is 8.71. The largest absolute Gasteiger partial charge is 0.340 e. The molecule has 2 aliphatic rings. The third kappa shape index (κ3) is 2.88. The van der Waals surface area contributed by atoms with Crippen LogP contribution in [0, 0.1) is 6.92 Å². The van der Waals surface area contributed by atoms with Crippen molar-refractivity contribution >= 4 is 5.78 Å². The number of pyridine rings is 1. The maximum atomic E-state index is 13.8. The van der Waals surface area contributed by atoms with Crippen LogP contribution in [0.2, 0.25) is 0 Å². The molecule has 152 valence electrons. The molecule has 31 heavy (non-hydrogen) atoms. The fraction of sp³-hybridized carbons (Fsp3) is 0.214. The number of aryl methyl sites for hydroxylation is 2. The maximum Gasteiger partial charge on any atom is 0.210 e. The van der Waals surface area contributed by atoms with Crippen LogP contribution >= 0.6 is 0 Å². The summed E-state index contributed by atoms with van der Waals surface area (Å²) in [4.78, 5) is 18.6. The first-order chi connectivity index (χ1) is 15.2. The normalized spacial score (nSPS) is 16.5. The Hall–Kier alpha value is -3.46. The topological polar surface area (TPSA) is 34.9 Å². The molecule has 6 rings (SSSR count). The average molecular weight is 405 g/mol. The Kier molecular flexibility index (Phi) is 4.17. The van der Waals surface area contributed by atoms with Crippen molar-refractivity contribution in [3.05, 3.63) is 112 Å². The summed E-state index contributed by atoms with van der Waals surface area (Å²) >= 11 is 0. The van der Waals surface area contributed by atoms with Gasteiger partial charge in [-0.25, -0.2) is 0 Å². The fourth-order valence-electron chi connectivity index (χ4n) is 5.42. The number of hydrogen-bond donors (Lipinski definition) is 0. The molecule has 0 bridgehead atoms. The SMILES string of the molecule is Cc1ccc2c(n1)CCc1c-2c(C(=O)c2ccccc2)n2c1CC(c1ccccc1)C2. The van der Waals surface area contributed by atoms with Crippen molar-refractivity contribution < 1.29 is 4.79 Å². The van der Waals surface area contributed by atoms with Gasteiger partial charge >= 0.3 is 0 Å². The van der Waals surface area contributed by atoms with E-state index in [1.807, 2.05) is 37.3 Å². The average Bonchev–Trinajstić information content (AvgIpc) is 3.37. The molecule has 3 heteroatoms. The van der Waals surface area contributed by atoms with E-state index in [1.54, 1.807) is 0 Å². The van der Waals surface area contributed by atoms with Gasteiger partial charge in [-0.1, -0.05) is 66.7 Å². The third-order valence-corrected chi connectivity index (χ3v) is 6.84. The van der Waals surface area contributed by atoms with Crippen molar-refractivity contribution in [2.24, 2.45) is 0 Å². The van der Waals surface area contributed by atoms with Gasteiger partial charge in [-0.05, 0) is 43.4 Å². The molecule has 2 aromatic carbocycles. The van der Waals surface area contributed by atoms with Gasteiger partial charge < -0.3 is 4.57 Å². The minimum Gasteiger partial charge on any atom is -0.340 e. The number of benzene rings is 2. The number of ketones is 1. The van der Waals surface area contributed by atoms with E-state index in [-0.39, 0.29) is 5.78 Å². The van der Waals surface area contributed by atoms with Gasteiger partial charge in [-0.15, -0.1) is 0 Å². The summed E-state index contributed by atoms with van der Waals surface area (Å²) in [6.07, 6.45) is 2.89. The summed E-state index contributed by atoms with van der Waals surface area (Å²) in [6.45, 7) is 2.89. The number of hydrogen-bond acceptors (Lipinski definition) is 2. The van der Waals surface area contributed by atoms with E-state index in [1.165, 1.54) is 16.8 Å². The van der Waals surface area contributed by atoms with Crippen molar-refractivity contribution in [3.63, 3.8) is 0 Å². The van der Waals surface area contributed by atoms with Gasteiger partial charge in [0.15, 0.2) is 0 Å². The molecule has 1 unspecified atom stereocenters. The molecular formula is C28H24N2O. The lowest BCUT2D eigenvalue weighted by Gasteiger charge is -2.20. The minimum atomic E-state index is 0.116. The molecule has 3 heterocycles. The van der Waals surface area contributed by atoms with Gasteiger partial charge in [0.1, 0.15) is 0 Å². The van der Waals surface area contributed by atoms with Gasteiger partial charge in [0.25, 0.3) is 0 Å². The summed E-state index contributed by atoms with van der Waals surface area (Å²) in [7, 11) is 0. The Labute approximate surface area is 182 Å². The molecule has 1 aliphatic carbocycles. The summed E-state index contributed by atoms with van der Waals surface area (Å²) < 4.78 is 2.33. The van der Waals surface area contributed by atoms with E-state index >= 15 is 0 Å². The summed E-state index contributed by atoms with van der Waals surface area (Å²) in [5.74, 6) is 0.534. The third-order valence-electron chi connectivity index (χ3n) is 6.84. The predicted molar refractivity (Wildman–Crippen MR) is 123 cm³/mol. The molecule has 0 amide bonds. The Balaban J connectivity index is 1.55. The van der Waals surface area contributed by atoms with Crippen molar-refractivity contribution in [2.45, 2.75) is 38.6 Å². The quantitative estimate of drug-likeness (QED) is 0.421. The van der Waals surface area contributed by atoms with E-state index < -0.39 is 0 Å². The molecule has 3 nitrogen and oxygen atoms in total. The molecule has 0 N–H and O–H groups in total. The van der Waals surface area contributed by atoms with Crippen LogP contribution in [0.25, 0.3) is 11.1 Å². The highest BCUT2D eigenvalue weighted by Crippen LogP contribution is 2.45. The number of carbonyl (C=O) groups excluding carboxylic acids is 1. The van der Waals surface area contributed by atoms with Crippen molar-refractivity contribution in [1.82, 2.24) is 9.55 Å². The molecule has 0 saturated carbocycles. The van der Waals surface area contributed by atoms with E-state index in [4.69, 9.17) is 4.98 Å². The zero-order valence-electron chi connectivity index (χ0n) is 17.6. The van der Waals surface area contributed by atoms with Gasteiger partial charge in [0.05, 0.1) is 5.69 Å². The van der Waals surface area contributed by atoms with E-state index in [9.17, 15) is 4.79 Å². The zero-order valence-corrected chi connectivity index (χ0v) is 17.6. The van der Waals surface area contributed by atoms with E-state index in [0.717, 1.165) is 59.6 Å². The standard InChI is InChI=1S/C28H24N2O/c1-18-12-13-22-24(29-18)15-14-23-25-16-21(19-8-4-2-5-9-19)17-30(25)27(26(22)23)28(31)20-10-6-3-7-11-20/h2-13,21H,14-17H2,1H3. The van der Waals surface area contributed by atoms with Crippen LogP contribution in [0.4, 0.5) is 0 Å². The zero-order chi connectivity index (χ0) is 20.9. The predicted octanol–water partition coefficient (Wildman–Crippen LogP) is 5.53. The summed E-state index contributed by atoms with van der Waals surface area (Å²) in [6, 6.07) is 24.6. The maximum absolute atomic E-state index is 13.8. The first kappa shape index (κ1) is 18.3. The van der Waals surface area contributed by atoms with Gasteiger partial charge in [0, 0.05) is 46.2 Å². The molecule has 2 aromatic heterocycles. The Morgan fingerprint density at radius 1 is 0.935 bits per heavy atom. The highest BCUT2D eigenvalue weighted by Gasteiger charge is 2.36. The Bertz CT molecular complexity index is 1300. The van der Waals surface area contributed by atoms with Crippen molar-refractivity contribution in [1.29, 1.82) is 0 Å². The second kappa shape index (κ2) is 7.05. The highest BCUT2D eigenvalue weighted by molar-refractivity contribution is 6.13. The van der Waals surface area contributed by atoms with Crippen LogP contribution in [0.15, 0.2) is 72.8 Å². The summed E-state index contributed by atoms with van der Waals surface area (Å²) in [5, 5.41) is 0. The highest BCUT2D eigenvalue weighted by atomic mass is 16.1. The Morgan fingerprint density at radius 2 is 1.68 bits per heavy atom.